The van der Waals surface area contributed by atoms with Crippen molar-refractivity contribution in [2.75, 3.05) is 5.32 Å². The summed E-state index contributed by atoms with van der Waals surface area (Å²) in [6, 6.07) is 15.9. The lowest BCUT2D eigenvalue weighted by Crippen LogP contribution is -2.13. The molecule has 2 heterocycles. The molecular formula is C21H16ClN5O3S. The number of non-ortho nitro benzene ring substituents is 1. The van der Waals surface area contributed by atoms with Crippen LogP contribution in [0.25, 0.3) is 11.3 Å². The number of hydrogen-bond acceptors (Lipinski definition) is 6. The van der Waals surface area contributed by atoms with Gasteiger partial charge in [-0.1, -0.05) is 54.1 Å². The van der Waals surface area contributed by atoms with Crippen LogP contribution in [-0.2, 0) is 6.54 Å². The van der Waals surface area contributed by atoms with Crippen LogP contribution in [0.5, 0.6) is 0 Å². The van der Waals surface area contributed by atoms with Gasteiger partial charge in [0.2, 0.25) is 0 Å². The zero-order valence-electron chi connectivity index (χ0n) is 16.3. The van der Waals surface area contributed by atoms with E-state index in [9.17, 15) is 14.9 Å². The molecule has 0 bridgehead atoms. The number of carbonyl (C=O) groups excluding carboxylic acids is 1. The highest BCUT2D eigenvalue weighted by Crippen LogP contribution is 2.28. The van der Waals surface area contributed by atoms with E-state index in [1.165, 1.54) is 23.5 Å². The minimum absolute atomic E-state index is 0.0238. The number of amides is 1. The molecule has 0 saturated carbocycles. The van der Waals surface area contributed by atoms with Gasteiger partial charge in [0.1, 0.15) is 5.15 Å². The Kier molecular flexibility index (Phi) is 5.79. The number of carbonyl (C=O) groups is 1. The van der Waals surface area contributed by atoms with E-state index in [-0.39, 0.29) is 16.4 Å². The zero-order valence-corrected chi connectivity index (χ0v) is 17.9. The molecule has 0 saturated heterocycles. The predicted molar refractivity (Wildman–Crippen MR) is 120 cm³/mol. The molecule has 1 amide bonds. The Morgan fingerprint density at radius 3 is 2.74 bits per heavy atom. The number of thiazole rings is 1. The first-order valence-electron chi connectivity index (χ1n) is 9.21. The largest absolute Gasteiger partial charge is 0.298 e. The van der Waals surface area contributed by atoms with Crippen molar-refractivity contribution in [3.8, 4) is 11.3 Å². The molecule has 2 aromatic carbocycles. The van der Waals surface area contributed by atoms with Gasteiger partial charge in [-0.05, 0) is 12.5 Å². The van der Waals surface area contributed by atoms with Gasteiger partial charge in [-0.15, -0.1) is 11.3 Å². The molecule has 156 valence electrons. The molecule has 0 fully saturated rings. The molecule has 0 unspecified atom stereocenters. The number of rotatable bonds is 6. The zero-order chi connectivity index (χ0) is 22.0. The van der Waals surface area contributed by atoms with Crippen LogP contribution in [-0.4, -0.2) is 25.6 Å². The van der Waals surface area contributed by atoms with Crippen molar-refractivity contribution >= 4 is 39.7 Å². The quantitative estimate of drug-likeness (QED) is 0.320. The van der Waals surface area contributed by atoms with Gasteiger partial charge in [-0.25, -0.2) is 9.67 Å². The summed E-state index contributed by atoms with van der Waals surface area (Å²) in [4.78, 5) is 27.7. The van der Waals surface area contributed by atoms with Crippen molar-refractivity contribution in [2.45, 2.75) is 13.5 Å². The van der Waals surface area contributed by atoms with Crippen LogP contribution in [0.15, 0.2) is 60.0 Å². The Labute approximate surface area is 186 Å². The van der Waals surface area contributed by atoms with Crippen LogP contribution in [0, 0.1) is 17.0 Å². The van der Waals surface area contributed by atoms with E-state index in [0.29, 0.717) is 28.6 Å². The standard InChI is InChI=1S/C21H16ClN5O3S/c1-13-18(19(22)26(25-13)11-14-6-3-2-4-7-14)20(28)24-21-23-17(12-31-21)15-8-5-9-16(10-15)27(29)30/h2-10,12H,11H2,1H3,(H,23,24,28). The highest BCUT2D eigenvalue weighted by atomic mass is 35.5. The summed E-state index contributed by atoms with van der Waals surface area (Å²) < 4.78 is 1.58. The minimum Gasteiger partial charge on any atom is -0.298 e. The molecule has 0 radical (unpaired) electrons. The summed E-state index contributed by atoms with van der Waals surface area (Å²) in [5.74, 6) is -0.415. The highest BCUT2D eigenvalue weighted by Gasteiger charge is 2.21. The number of hydrogen-bond donors (Lipinski definition) is 1. The second-order valence-electron chi connectivity index (χ2n) is 6.69. The van der Waals surface area contributed by atoms with Gasteiger partial charge in [0.15, 0.2) is 5.13 Å². The smallest absolute Gasteiger partial charge is 0.270 e. The maximum Gasteiger partial charge on any atom is 0.270 e. The summed E-state index contributed by atoms with van der Waals surface area (Å²) in [5.41, 5.74) is 2.91. The Hall–Kier alpha value is -3.56. The number of aryl methyl sites for hydroxylation is 1. The minimum atomic E-state index is -0.462. The normalized spacial score (nSPS) is 10.8. The monoisotopic (exact) mass is 453 g/mol. The predicted octanol–water partition coefficient (Wildman–Crippen LogP) is 5.18. The van der Waals surface area contributed by atoms with Gasteiger partial charge in [0.05, 0.1) is 28.4 Å². The molecule has 4 aromatic rings. The molecule has 2 aromatic heterocycles. The van der Waals surface area contributed by atoms with E-state index >= 15 is 0 Å². The molecule has 0 atom stereocenters. The molecule has 10 heteroatoms. The summed E-state index contributed by atoms with van der Waals surface area (Å²) >= 11 is 7.67. The third kappa shape index (κ3) is 4.47. The van der Waals surface area contributed by atoms with Crippen LogP contribution in [0.1, 0.15) is 21.6 Å². The summed E-state index contributed by atoms with van der Waals surface area (Å²) in [6.07, 6.45) is 0. The van der Waals surface area contributed by atoms with Crippen molar-refractivity contribution in [1.29, 1.82) is 0 Å². The van der Waals surface area contributed by atoms with E-state index in [1.54, 1.807) is 29.1 Å². The molecule has 0 aliphatic carbocycles. The van der Waals surface area contributed by atoms with E-state index in [0.717, 1.165) is 5.56 Å². The van der Waals surface area contributed by atoms with Gasteiger partial charge in [0, 0.05) is 23.1 Å². The van der Waals surface area contributed by atoms with E-state index in [2.05, 4.69) is 15.4 Å². The van der Waals surface area contributed by atoms with Crippen LogP contribution in [0.4, 0.5) is 10.8 Å². The molecule has 1 N–H and O–H groups in total. The van der Waals surface area contributed by atoms with Gasteiger partial charge in [0.25, 0.3) is 11.6 Å². The Morgan fingerprint density at radius 2 is 2.00 bits per heavy atom. The topological polar surface area (TPSA) is 103 Å². The number of anilines is 1. The van der Waals surface area contributed by atoms with Gasteiger partial charge < -0.3 is 0 Å². The van der Waals surface area contributed by atoms with Gasteiger partial charge in [-0.3, -0.25) is 20.2 Å². The van der Waals surface area contributed by atoms with Crippen LogP contribution in [0.3, 0.4) is 0 Å². The maximum absolute atomic E-state index is 12.8. The Morgan fingerprint density at radius 1 is 1.23 bits per heavy atom. The molecule has 0 aliphatic heterocycles. The fourth-order valence-corrected chi connectivity index (χ4v) is 4.11. The fraction of sp³-hybridized carbons (Fsp3) is 0.0952. The highest BCUT2D eigenvalue weighted by molar-refractivity contribution is 7.14. The van der Waals surface area contributed by atoms with Crippen LogP contribution < -0.4 is 5.32 Å². The second-order valence-corrected chi connectivity index (χ2v) is 7.91. The fourth-order valence-electron chi connectivity index (χ4n) is 3.07. The van der Waals surface area contributed by atoms with E-state index < -0.39 is 10.8 Å². The SMILES string of the molecule is Cc1nn(Cc2ccccc2)c(Cl)c1C(=O)Nc1nc(-c2cccc([N+](=O)[O-])c2)cs1. The molecule has 4 rings (SSSR count). The molecule has 31 heavy (non-hydrogen) atoms. The summed E-state index contributed by atoms with van der Waals surface area (Å²) in [6.45, 7) is 2.17. The lowest BCUT2D eigenvalue weighted by molar-refractivity contribution is -0.384. The van der Waals surface area contributed by atoms with Crippen LogP contribution in [0.2, 0.25) is 5.15 Å². The van der Waals surface area contributed by atoms with Crippen LogP contribution >= 0.6 is 22.9 Å². The summed E-state index contributed by atoms with van der Waals surface area (Å²) in [7, 11) is 0. The number of nitrogens with zero attached hydrogens (tertiary/aromatic N) is 4. The van der Waals surface area contributed by atoms with Crippen molar-refractivity contribution in [1.82, 2.24) is 14.8 Å². The average Bonchev–Trinajstić information content (AvgIpc) is 3.33. The number of nitro groups is 1. The lowest BCUT2D eigenvalue weighted by Gasteiger charge is -2.04. The first-order chi connectivity index (χ1) is 14.9. The molecule has 0 aliphatic rings. The Balaban J connectivity index is 1.53. The van der Waals surface area contributed by atoms with E-state index in [4.69, 9.17) is 11.6 Å². The summed E-state index contributed by atoms with van der Waals surface area (Å²) in [5, 5.41) is 20.4. The van der Waals surface area contributed by atoms with Gasteiger partial charge >= 0.3 is 0 Å². The van der Waals surface area contributed by atoms with E-state index in [1.807, 2.05) is 30.3 Å². The van der Waals surface area contributed by atoms with Crippen molar-refractivity contribution in [2.24, 2.45) is 0 Å². The first kappa shape index (κ1) is 20.7. The number of benzene rings is 2. The number of aromatic nitrogens is 3. The maximum atomic E-state index is 12.8. The average molecular weight is 454 g/mol. The van der Waals surface area contributed by atoms with Crippen molar-refractivity contribution < 1.29 is 9.72 Å². The van der Waals surface area contributed by atoms with Gasteiger partial charge in [-0.2, -0.15) is 5.10 Å². The first-order valence-corrected chi connectivity index (χ1v) is 10.5. The molecular weight excluding hydrogens is 438 g/mol. The van der Waals surface area contributed by atoms with Crippen molar-refractivity contribution in [3.05, 3.63) is 92.1 Å². The molecule has 0 spiro atoms. The third-order valence-corrected chi connectivity index (χ3v) is 5.69. The number of halogens is 1. The third-order valence-electron chi connectivity index (χ3n) is 4.55. The Bertz CT molecular complexity index is 1270. The lowest BCUT2D eigenvalue weighted by atomic mass is 10.1. The number of nitro benzene ring substituents is 1. The second kappa shape index (κ2) is 8.66. The number of nitrogens with one attached hydrogen (secondary N) is 1. The molecule has 8 nitrogen and oxygen atoms in total. The van der Waals surface area contributed by atoms with Crippen molar-refractivity contribution in [3.63, 3.8) is 0 Å².